The zero-order valence-corrected chi connectivity index (χ0v) is 17.4. The van der Waals surface area contributed by atoms with Gasteiger partial charge in [-0.1, -0.05) is 12.1 Å². The van der Waals surface area contributed by atoms with E-state index in [1.54, 1.807) is 0 Å². The van der Waals surface area contributed by atoms with Crippen LogP contribution in [0, 0.1) is 5.92 Å². The summed E-state index contributed by atoms with van der Waals surface area (Å²) in [6.45, 7) is 6.30. The van der Waals surface area contributed by atoms with Gasteiger partial charge in [0.15, 0.2) is 0 Å². The molecular formula is C23H32N4O2. The lowest BCUT2D eigenvalue weighted by molar-refractivity contribution is -0.158. The molecule has 2 heterocycles. The SMILES string of the molecule is CCN(CC1CC1)C(=O)CC1CN(Cc2cccc3[nH]ncc23)C2(CCC2)CO1. The molecule has 2 saturated carbocycles. The lowest BCUT2D eigenvalue weighted by Gasteiger charge is -2.54. The van der Waals surface area contributed by atoms with Crippen LogP contribution in [0.1, 0.15) is 51.0 Å². The summed E-state index contributed by atoms with van der Waals surface area (Å²) in [6, 6.07) is 6.38. The highest BCUT2D eigenvalue weighted by Crippen LogP contribution is 2.42. The molecule has 1 saturated heterocycles. The van der Waals surface area contributed by atoms with E-state index in [-0.39, 0.29) is 17.6 Å². The highest BCUT2D eigenvalue weighted by atomic mass is 16.5. The van der Waals surface area contributed by atoms with Gasteiger partial charge in [0.05, 0.1) is 30.8 Å². The van der Waals surface area contributed by atoms with Crippen LogP contribution in [0.5, 0.6) is 0 Å². The van der Waals surface area contributed by atoms with Gasteiger partial charge >= 0.3 is 0 Å². The summed E-state index contributed by atoms with van der Waals surface area (Å²) in [5.41, 5.74) is 2.55. The topological polar surface area (TPSA) is 61.5 Å². The number of amides is 1. The van der Waals surface area contributed by atoms with E-state index in [0.717, 1.165) is 44.2 Å². The van der Waals surface area contributed by atoms with Crippen molar-refractivity contribution in [3.8, 4) is 0 Å². The summed E-state index contributed by atoms with van der Waals surface area (Å²) in [5.74, 6) is 0.988. The number of rotatable bonds is 7. The number of carbonyl (C=O) groups is 1. The molecule has 0 radical (unpaired) electrons. The number of nitrogens with one attached hydrogen (secondary N) is 1. The minimum Gasteiger partial charge on any atom is -0.374 e. The van der Waals surface area contributed by atoms with E-state index < -0.39 is 0 Å². The Labute approximate surface area is 172 Å². The minimum absolute atomic E-state index is 0.00877. The van der Waals surface area contributed by atoms with Crippen molar-refractivity contribution in [1.29, 1.82) is 0 Å². The van der Waals surface area contributed by atoms with E-state index in [0.29, 0.717) is 6.42 Å². The summed E-state index contributed by atoms with van der Waals surface area (Å²) < 4.78 is 6.25. The molecule has 2 aliphatic carbocycles. The third-order valence-corrected chi connectivity index (χ3v) is 7.22. The first-order valence-corrected chi connectivity index (χ1v) is 11.2. The number of fused-ring (bicyclic) bond motifs is 1. The van der Waals surface area contributed by atoms with Crippen molar-refractivity contribution in [1.82, 2.24) is 20.0 Å². The van der Waals surface area contributed by atoms with Gasteiger partial charge in [-0.25, -0.2) is 0 Å². The van der Waals surface area contributed by atoms with Gasteiger partial charge in [-0.15, -0.1) is 0 Å². The molecule has 0 bridgehead atoms. The third-order valence-electron chi connectivity index (χ3n) is 7.22. The maximum Gasteiger partial charge on any atom is 0.225 e. The second-order valence-corrected chi connectivity index (χ2v) is 9.22. The summed E-state index contributed by atoms with van der Waals surface area (Å²) in [4.78, 5) is 17.5. The molecule has 2 aromatic rings. The predicted octanol–water partition coefficient (Wildman–Crippen LogP) is 3.34. The predicted molar refractivity (Wildman–Crippen MR) is 112 cm³/mol. The van der Waals surface area contributed by atoms with Crippen molar-refractivity contribution in [3.05, 3.63) is 30.0 Å². The van der Waals surface area contributed by atoms with Crippen molar-refractivity contribution in [2.75, 3.05) is 26.2 Å². The molecule has 1 atom stereocenters. The van der Waals surface area contributed by atoms with Crippen LogP contribution in [0.3, 0.4) is 0 Å². The summed E-state index contributed by atoms with van der Waals surface area (Å²) in [5, 5.41) is 8.49. The molecule has 6 heteroatoms. The summed E-state index contributed by atoms with van der Waals surface area (Å²) in [6.07, 6.45) is 8.63. The Morgan fingerprint density at radius 3 is 2.97 bits per heavy atom. The van der Waals surface area contributed by atoms with E-state index in [1.807, 2.05) is 11.1 Å². The Morgan fingerprint density at radius 2 is 2.24 bits per heavy atom. The molecule has 1 N–H and O–H groups in total. The Kier molecular flexibility index (Phi) is 5.08. The van der Waals surface area contributed by atoms with Crippen LogP contribution in [-0.4, -0.2) is 63.8 Å². The van der Waals surface area contributed by atoms with Crippen LogP contribution in [0.4, 0.5) is 0 Å². The number of aromatic amines is 1. The fraction of sp³-hybridized carbons (Fsp3) is 0.652. The number of nitrogens with zero attached hydrogens (tertiary/aromatic N) is 3. The average molecular weight is 397 g/mol. The molecule has 6 nitrogen and oxygen atoms in total. The lowest BCUT2D eigenvalue weighted by Crippen LogP contribution is -2.62. The zero-order valence-electron chi connectivity index (χ0n) is 17.4. The number of H-pyrrole nitrogens is 1. The molecule has 1 aliphatic heterocycles. The summed E-state index contributed by atoms with van der Waals surface area (Å²) in [7, 11) is 0. The van der Waals surface area contributed by atoms with Crippen molar-refractivity contribution in [2.24, 2.45) is 5.92 Å². The number of ether oxygens (including phenoxy) is 1. The smallest absolute Gasteiger partial charge is 0.225 e. The molecule has 1 amide bonds. The molecule has 1 spiro atoms. The Balaban J connectivity index is 1.29. The highest BCUT2D eigenvalue weighted by molar-refractivity contribution is 5.81. The number of carbonyl (C=O) groups excluding carboxylic acids is 1. The van der Waals surface area contributed by atoms with E-state index in [4.69, 9.17) is 4.74 Å². The minimum atomic E-state index is -0.00877. The van der Waals surface area contributed by atoms with Gasteiger partial charge in [-0.2, -0.15) is 5.10 Å². The van der Waals surface area contributed by atoms with Crippen LogP contribution in [-0.2, 0) is 16.1 Å². The highest BCUT2D eigenvalue weighted by Gasteiger charge is 2.47. The summed E-state index contributed by atoms with van der Waals surface area (Å²) >= 11 is 0. The van der Waals surface area contributed by atoms with Crippen molar-refractivity contribution < 1.29 is 9.53 Å². The average Bonchev–Trinajstić information content (AvgIpc) is 3.38. The molecule has 5 rings (SSSR count). The van der Waals surface area contributed by atoms with E-state index in [9.17, 15) is 4.79 Å². The second kappa shape index (κ2) is 7.73. The first kappa shape index (κ1) is 19.1. The van der Waals surface area contributed by atoms with Gasteiger partial charge < -0.3 is 9.64 Å². The van der Waals surface area contributed by atoms with Crippen LogP contribution >= 0.6 is 0 Å². The van der Waals surface area contributed by atoms with Crippen LogP contribution in [0.2, 0.25) is 0 Å². The molecule has 1 aromatic heterocycles. The lowest BCUT2D eigenvalue weighted by atomic mass is 9.74. The Bertz CT molecular complexity index is 871. The molecule has 29 heavy (non-hydrogen) atoms. The van der Waals surface area contributed by atoms with E-state index >= 15 is 0 Å². The maximum absolute atomic E-state index is 12.9. The normalized spacial score (nSPS) is 24.0. The Hall–Kier alpha value is -1.92. The zero-order chi connectivity index (χ0) is 19.8. The fourth-order valence-electron chi connectivity index (χ4n) is 4.97. The third kappa shape index (κ3) is 3.80. The number of benzene rings is 1. The van der Waals surface area contributed by atoms with Gasteiger partial charge in [-0.3, -0.25) is 14.8 Å². The first-order chi connectivity index (χ1) is 14.2. The van der Waals surface area contributed by atoms with Gasteiger partial charge in [-0.05, 0) is 56.6 Å². The second-order valence-electron chi connectivity index (χ2n) is 9.22. The molecule has 1 unspecified atom stereocenters. The van der Waals surface area contributed by atoms with Crippen molar-refractivity contribution in [2.45, 2.75) is 63.6 Å². The largest absolute Gasteiger partial charge is 0.374 e. The number of aromatic nitrogens is 2. The quantitative estimate of drug-likeness (QED) is 0.780. The van der Waals surface area contributed by atoms with E-state index in [2.05, 4.69) is 40.2 Å². The van der Waals surface area contributed by atoms with Crippen LogP contribution in [0.15, 0.2) is 24.4 Å². The van der Waals surface area contributed by atoms with Crippen molar-refractivity contribution >= 4 is 16.8 Å². The molecule has 1 aromatic carbocycles. The fourth-order valence-corrected chi connectivity index (χ4v) is 4.97. The molecular weight excluding hydrogens is 364 g/mol. The number of hydrogen-bond acceptors (Lipinski definition) is 4. The van der Waals surface area contributed by atoms with Gasteiger partial charge in [0.25, 0.3) is 0 Å². The molecule has 3 fully saturated rings. The van der Waals surface area contributed by atoms with Crippen LogP contribution < -0.4 is 0 Å². The first-order valence-electron chi connectivity index (χ1n) is 11.2. The maximum atomic E-state index is 12.9. The standard InChI is InChI=1S/C23H32N4O2/c1-2-26(13-17-7-8-17)22(28)11-19-15-27(23(16-29-19)9-4-10-23)14-18-5-3-6-21-20(18)12-24-25-21/h3,5-6,12,17,19H,2,4,7-11,13-16H2,1H3,(H,24,25). The molecule has 3 aliphatic rings. The molecule has 156 valence electrons. The monoisotopic (exact) mass is 396 g/mol. The van der Waals surface area contributed by atoms with Gasteiger partial charge in [0.1, 0.15) is 0 Å². The van der Waals surface area contributed by atoms with Crippen LogP contribution in [0.25, 0.3) is 10.9 Å². The number of morpholine rings is 1. The number of hydrogen-bond donors (Lipinski definition) is 1. The Morgan fingerprint density at radius 1 is 1.38 bits per heavy atom. The van der Waals surface area contributed by atoms with E-state index in [1.165, 1.54) is 43.1 Å². The van der Waals surface area contributed by atoms with Crippen molar-refractivity contribution in [3.63, 3.8) is 0 Å². The van der Waals surface area contributed by atoms with Gasteiger partial charge in [0.2, 0.25) is 5.91 Å². The van der Waals surface area contributed by atoms with Gasteiger partial charge in [0, 0.05) is 37.1 Å².